The van der Waals surface area contributed by atoms with Gasteiger partial charge >= 0.3 is 0 Å². The Morgan fingerprint density at radius 3 is 2.85 bits per heavy atom. The van der Waals surface area contributed by atoms with Crippen LogP contribution in [0.1, 0.15) is 6.42 Å². The quantitative estimate of drug-likeness (QED) is 0.400. The van der Waals surface area contributed by atoms with E-state index in [4.69, 9.17) is 4.74 Å². The number of hydrogen-bond acceptors (Lipinski definition) is 3. The van der Waals surface area contributed by atoms with Crippen LogP contribution in [0.2, 0.25) is 0 Å². The molecule has 0 amide bonds. The van der Waals surface area contributed by atoms with Gasteiger partial charge in [-0.1, -0.05) is 12.7 Å². The van der Waals surface area contributed by atoms with E-state index in [1.165, 1.54) is 0 Å². The fourth-order valence-corrected chi connectivity index (χ4v) is 1.62. The Morgan fingerprint density at radius 2 is 2.31 bits per heavy atom. The van der Waals surface area contributed by atoms with Crippen LogP contribution in [0, 0.1) is 11.8 Å². The third-order valence-corrected chi connectivity index (χ3v) is 2.41. The van der Waals surface area contributed by atoms with Crippen LogP contribution in [-0.4, -0.2) is 24.3 Å². The summed E-state index contributed by atoms with van der Waals surface area (Å²) < 4.78 is 5.03. The molecule has 0 aliphatic carbocycles. The molecule has 0 aromatic rings. The molecule has 13 heavy (non-hydrogen) atoms. The summed E-state index contributed by atoms with van der Waals surface area (Å²) in [7, 11) is 0. The number of aliphatic hydroxyl groups is 1. The van der Waals surface area contributed by atoms with Gasteiger partial charge in [-0.3, -0.25) is 4.79 Å². The van der Waals surface area contributed by atoms with Gasteiger partial charge in [0.05, 0.1) is 6.61 Å². The third kappa shape index (κ3) is 2.05. The Labute approximate surface area is 77.7 Å². The van der Waals surface area contributed by atoms with Crippen LogP contribution in [0.4, 0.5) is 0 Å². The second-order valence-corrected chi connectivity index (χ2v) is 3.16. The lowest BCUT2D eigenvalue weighted by molar-refractivity contribution is -0.159. The molecule has 3 nitrogen and oxygen atoms in total. The van der Waals surface area contributed by atoms with Gasteiger partial charge in [0.2, 0.25) is 0 Å². The molecule has 0 unspecified atom stereocenters. The average Bonchev–Trinajstić information content (AvgIpc) is 2.16. The lowest BCUT2D eigenvalue weighted by Crippen LogP contribution is -2.36. The average molecular weight is 182 g/mol. The maximum atomic E-state index is 10.5. The van der Waals surface area contributed by atoms with Gasteiger partial charge in [-0.15, -0.1) is 6.58 Å². The van der Waals surface area contributed by atoms with Crippen LogP contribution in [0.25, 0.3) is 0 Å². The number of allylic oxidation sites excluding steroid dienone is 1. The van der Waals surface area contributed by atoms with Gasteiger partial charge in [0.1, 0.15) is 6.29 Å². The van der Waals surface area contributed by atoms with Crippen LogP contribution < -0.4 is 0 Å². The zero-order chi connectivity index (χ0) is 9.84. The first-order valence-electron chi connectivity index (χ1n) is 4.27. The van der Waals surface area contributed by atoms with Crippen LogP contribution in [-0.2, 0) is 9.53 Å². The number of carbonyl (C=O) groups is 1. The summed E-state index contributed by atoms with van der Waals surface area (Å²) in [5, 5.41) is 9.43. The second-order valence-electron chi connectivity index (χ2n) is 3.16. The van der Waals surface area contributed by atoms with Crippen molar-refractivity contribution < 1.29 is 14.6 Å². The summed E-state index contributed by atoms with van der Waals surface area (Å²) in [5.41, 5.74) is 0.507. The molecule has 1 rings (SSSR count). The summed E-state index contributed by atoms with van der Waals surface area (Å²) >= 11 is 0. The Hall–Kier alpha value is -0.930. The highest BCUT2D eigenvalue weighted by molar-refractivity contribution is 5.73. The summed E-state index contributed by atoms with van der Waals surface area (Å²) in [6, 6.07) is 0. The standard InChI is InChI=1S/C10H14O3/c1-3-8-9(7(2)6-11)4-5-13-10(8)12/h3,6,8-10,12H,1-2,4-5H2/t8-,9-,10+/m1/s1. The first-order chi connectivity index (χ1) is 6.20. The molecule has 3 heteroatoms. The van der Waals surface area contributed by atoms with E-state index in [9.17, 15) is 9.90 Å². The number of ether oxygens (including phenoxy) is 1. The predicted molar refractivity (Wildman–Crippen MR) is 49.0 cm³/mol. The van der Waals surface area contributed by atoms with Gasteiger partial charge in [0, 0.05) is 5.92 Å². The maximum Gasteiger partial charge on any atom is 0.161 e. The molecular formula is C10H14O3. The molecule has 1 saturated heterocycles. The zero-order valence-corrected chi connectivity index (χ0v) is 7.48. The molecule has 0 radical (unpaired) electrons. The second kappa shape index (κ2) is 4.35. The van der Waals surface area contributed by atoms with Crippen molar-refractivity contribution in [2.24, 2.45) is 11.8 Å². The normalized spacial score (nSPS) is 33.8. The van der Waals surface area contributed by atoms with Crippen molar-refractivity contribution >= 4 is 6.29 Å². The molecule has 0 aromatic heterocycles. The molecule has 1 aliphatic rings. The predicted octanol–water partition coefficient (Wildman–Crippen LogP) is 0.899. The topological polar surface area (TPSA) is 46.5 Å². The van der Waals surface area contributed by atoms with Gasteiger partial charge in [-0.2, -0.15) is 0 Å². The van der Waals surface area contributed by atoms with Gasteiger partial charge in [0.25, 0.3) is 0 Å². The molecule has 3 atom stereocenters. The van der Waals surface area contributed by atoms with Gasteiger partial charge in [-0.05, 0) is 17.9 Å². The van der Waals surface area contributed by atoms with E-state index in [0.29, 0.717) is 18.6 Å². The van der Waals surface area contributed by atoms with Gasteiger partial charge in [-0.25, -0.2) is 0 Å². The molecule has 1 fully saturated rings. The number of rotatable bonds is 3. The van der Waals surface area contributed by atoms with Crippen molar-refractivity contribution in [1.82, 2.24) is 0 Å². The monoisotopic (exact) mass is 182 g/mol. The largest absolute Gasteiger partial charge is 0.367 e. The molecule has 1 aliphatic heterocycles. The Kier molecular flexibility index (Phi) is 3.39. The van der Waals surface area contributed by atoms with E-state index in [-0.39, 0.29) is 11.8 Å². The van der Waals surface area contributed by atoms with E-state index in [1.807, 2.05) is 0 Å². The summed E-state index contributed by atoms with van der Waals surface area (Å²) in [6.07, 6.45) is 2.21. The minimum atomic E-state index is -0.854. The maximum absolute atomic E-state index is 10.5. The number of carbonyl (C=O) groups excluding carboxylic acids is 1. The minimum Gasteiger partial charge on any atom is -0.367 e. The Morgan fingerprint density at radius 1 is 1.62 bits per heavy atom. The smallest absolute Gasteiger partial charge is 0.161 e. The number of aliphatic hydroxyl groups excluding tert-OH is 1. The molecule has 0 bridgehead atoms. The summed E-state index contributed by atoms with van der Waals surface area (Å²) in [4.78, 5) is 10.5. The Bertz CT molecular complexity index is 222. The molecule has 1 N–H and O–H groups in total. The molecule has 0 saturated carbocycles. The van der Waals surface area contributed by atoms with Crippen LogP contribution in [0.3, 0.4) is 0 Å². The molecular weight excluding hydrogens is 168 g/mol. The van der Waals surface area contributed by atoms with Crippen molar-refractivity contribution in [2.45, 2.75) is 12.7 Å². The van der Waals surface area contributed by atoms with Crippen LogP contribution in [0.15, 0.2) is 24.8 Å². The van der Waals surface area contributed by atoms with E-state index < -0.39 is 6.29 Å². The number of aldehydes is 1. The van der Waals surface area contributed by atoms with Crippen molar-refractivity contribution in [3.63, 3.8) is 0 Å². The summed E-state index contributed by atoms with van der Waals surface area (Å²) in [5.74, 6) is -0.245. The van der Waals surface area contributed by atoms with Crippen molar-refractivity contribution in [1.29, 1.82) is 0 Å². The number of hydrogen-bond donors (Lipinski definition) is 1. The molecule has 72 valence electrons. The Balaban J connectivity index is 2.75. The van der Waals surface area contributed by atoms with E-state index in [2.05, 4.69) is 13.2 Å². The van der Waals surface area contributed by atoms with Crippen molar-refractivity contribution in [3.8, 4) is 0 Å². The third-order valence-electron chi connectivity index (χ3n) is 2.41. The molecule has 0 aromatic carbocycles. The van der Waals surface area contributed by atoms with Crippen LogP contribution in [0.5, 0.6) is 0 Å². The highest BCUT2D eigenvalue weighted by Gasteiger charge is 2.32. The van der Waals surface area contributed by atoms with Gasteiger partial charge in [0.15, 0.2) is 6.29 Å². The lowest BCUT2D eigenvalue weighted by Gasteiger charge is -2.33. The highest BCUT2D eigenvalue weighted by atomic mass is 16.6. The molecule has 0 spiro atoms. The van der Waals surface area contributed by atoms with Crippen molar-refractivity contribution in [2.75, 3.05) is 6.61 Å². The van der Waals surface area contributed by atoms with E-state index in [0.717, 1.165) is 6.29 Å². The first kappa shape index (κ1) is 10.2. The zero-order valence-electron chi connectivity index (χ0n) is 7.48. The fraction of sp³-hybridized carbons (Fsp3) is 0.500. The van der Waals surface area contributed by atoms with E-state index in [1.54, 1.807) is 6.08 Å². The lowest BCUT2D eigenvalue weighted by atomic mass is 9.82. The molecule has 1 heterocycles. The van der Waals surface area contributed by atoms with Crippen molar-refractivity contribution in [3.05, 3.63) is 24.8 Å². The SMILES string of the molecule is C=C[C@@H]1[C@@H](C(=C)C=O)CCO[C@@H]1O. The van der Waals surface area contributed by atoms with Crippen LogP contribution >= 0.6 is 0 Å². The van der Waals surface area contributed by atoms with E-state index >= 15 is 0 Å². The highest BCUT2D eigenvalue weighted by Crippen LogP contribution is 2.30. The fourth-order valence-electron chi connectivity index (χ4n) is 1.62. The van der Waals surface area contributed by atoms with Gasteiger partial charge < -0.3 is 9.84 Å². The first-order valence-corrected chi connectivity index (χ1v) is 4.27. The summed E-state index contributed by atoms with van der Waals surface area (Å²) in [6.45, 7) is 7.71. The minimum absolute atomic E-state index is 0.0289.